The van der Waals surface area contributed by atoms with Gasteiger partial charge in [-0.05, 0) is 38.4 Å². The summed E-state index contributed by atoms with van der Waals surface area (Å²) in [5.41, 5.74) is 0.321. The number of hydrogen-bond donors (Lipinski definition) is 1. The van der Waals surface area contributed by atoms with Crippen molar-refractivity contribution in [3.8, 4) is 0 Å². The molecule has 0 aliphatic carbocycles. The summed E-state index contributed by atoms with van der Waals surface area (Å²) in [6.07, 6.45) is 2.01. The van der Waals surface area contributed by atoms with Crippen LogP contribution in [-0.2, 0) is 5.54 Å². The first-order chi connectivity index (χ1) is 6.63. The van der Waals surface area contributed by atoms with Gasteiger partial charge in [0, 0.05) is 16.1 Å². The summed E-state index contributed by atoms with van der Waals surface area (Å²) in [6, 6.07) is 4.84. The molecule has 14 heavy (non-hydrogen) atoms. The Morgan fingerprint density at radius 3 is 2.86 bits per heavy atom. The normalized spacial score (nSPS) is 26.8. The van der Waals surface area contributed by atoms with Gasteiger partial charge in [0.25, 0.3) is 0 Å². The Labute approximate surface area is 88.3 Å². The Morgan fingerprint density at radius 1 is 1.50 bits per heavy atom. The fraction of sp³-hybridized carbons (Fsp3) is 0.455. The minimum Gasteiger partial charge on any atom is -0.307 e. The van der Waals surface area contributed by atoms with Crippen LogP contribution in [0.15, 0.2) is 18.2 Å². The van der Waals surface area contributed by atoms with E-state index < -0.39 is 0 Å². The zero-order valence-corrected chi connectivity index (χ0v) is 8.87. The molecule has 1 aromatic carbocycles. The van der Waals surface area contributed by atoms with Gasteiger partial charge in [-0.2, -0.15) is 0 Å². The van der Waals surface area contributed by atoms with E-state index in [0.29, 0.717) is 10.6 Å². The molecule has 1 aliphatic rings. The zero-order chi connectivity index (χ0) is 10.2. The van der Waals surface area contributed by atoms with E-state index in [4.69, 9.17) is 11.6 Å². The molecular formula is C11H13ClFN. The molecule has 0 amide bonds. The van der Waals surface area contributed by atoms with Crippen LogP contribution < -0.4 is 5.32 Å². The lowest BCUT2D eigenvalue weighted by atomic mass is 9.90. The SMILES string of the molecule is CC1(c2c(F)cccc2Cl)CCCN1. The average molecular weight is 214 g/mol. The third-order valence-electron chi connectivity index (χ3n) is 2.88. The molecule has 1 N–H and O–H groups in total. The third-order valence-corrected chi connectivity index (χ3v) is 3.20. The quantitative estimate of drug-likeness (QED) is 0.756. The summed E-state index contributed by atoms with van der Waals surface area (Å²) in [7, 11) is 0. The summed E-state index contributed by atoms with van der Waals surface area (Å²) < 4.78 is 13.6. The van der Waals surface area contributed by atoms with Crippen molar-refractivity contribution >= 4 is 11.6 Å². The van der Waals surface area contributed by atoms with E-state index in [9.17, 15) is 4.39 Å². The molecule has 0 aromatic heterocycles. The van der Waals surface area contributed by atoms with Crippen LogP contribution in [0.4, 0.5) is 4.39 Å². The van der Waals surface area contributed by atoms with Crippen LogP contribution >= 0.6 is 11.6 Å². The lowest BCUT2D eigenvalue weighted by molar-refractivity contribution is 0.411. The highest BCUT2D eigenvalue weighted by atomic mass is 35.5. The van der Waals surface area contributed by atoms with Gasteiger partial charge < -0.3 is 5.32 Å². The summed E-state index contributed by atoms with van der Waals surface area (Å²) >= 11 is 6.02. The molecule has 1 aromatic rings. The molecule has 0 bridgehead atoms. The molecule has 1 aliphatic heterocycles. The van der Waals surface area contributed by atoms with E-state index in [2.05, 4.69) is 5.32 Å². The van der Waals surface area contributed by atoms with Gasteiger partial charge in [0.2, 0.25) is 0 Å². The molecule has 76 valence electrons. The van der Waals surface area contributed by atoms with Gasteiger partial charge in [-0.15, -0.1) is 0 Å². The Morgan fingerprint density at radius 2 is 2.29 bits per heavy atom. The van der Waals surface area contributed by atoms with Gasteiger partial charge in [0.05, 0.1) is 0 Å². The Balaban J connectivity index is 2.49. The molecule has 2 rings (SSSR count). The van der Waals surface area contributed by atoms with Crippen LogP contribution in [0.2, 0.25) is 5.02 Å². The van der Waals surface area contributed by atoms with Crippen molar-refractivity contribution in [2.75, 3.05) is 6.54 Å². The van der Waals surface area contributed by atoms with Gasteiger partial charge in [-0.1, -0.05) is 17.7 Å². The standard InChI is InChI=1S/C11H13ClFN/c1-11(6-3-7-14-11)10-8(12)4-2-5-9(10)13/h2,4-5,14H,3,6-7H2,1H3. The van der Waals surface area contributed by atoms with Crippen LogP contribution in [0.25, 0.3) is 0 Å². The van der Waals surface area contributed by atoms with Crippen LogP contribution in [0.1, 0.15) is 25.3 Å². The largest absolute Gasteiger partial charge is 0.307 e. The Hall–Kier alpha value is -0.600. The van der Waals surface area contributed by atoms with Crippen molar-refractivity contribution in [1.29, 1.82) is 0 Å². The van der Waals surface area contributed by atoms with E-state index in [0.717, 1.165) is 19.4 Å². The molecule has 0 radical (unpaired) electrons. The molecular weight excluding hydrogens is 201 g/mol. The second-order valence-corrected chi connectivity index (χ2v) is 4.37. The maximum absolute atomic E-state index is 13.6. The highest BCUT2D eigenvalue weighted by Crippen LogP contribution is 2.36. The van der Waals surface area contributed by atoms with Crippen molar-refractivity contribution < 1.29 is 4.39 Å². The lowest BCUT2D eigenvalue weighted by Gasteiger charge is -2.26. The highest BCUT2D eigenvalue weighted by Gasteiger charge is 2.34. The van der Waals surface area contributed by atoms with Crippen molar-refractivity contribution in [3.63, 3.8) is 0 Å². The maximum Gasteiger partial charge on any atom is 0.129 e. The molecule has 1 atom stereocenters. The first-order valence-corrected chi connectivity index (χ1v) is 5.21. The second-order valence-electron chi connectivity index (χ2n) is 3.96. The van der Waals surface area contributed by atoms with Crippen molar-refractivity contribution in [2.45, 2.75) is 25.3 Å². The number of benzene rings is 1. The number of rotatable bonds is 1. The number of hydrogen-bond acceptors (Lipinski definition) is 1. The molecule has 1 fully saturated rings. The number of halogens is 2. The summed E-state index contributed by atoms with van der Waals surface area (Å²) in [4.78, 5) is 0. The lowest BCUT2D eigenvalue weighted by Crippen LogP contribution is -2.34. The van der Waals surface area contributed by atoms with E-state index in [1.54, 1.807) is 12.1 Å². The molecule has 1 unspecified atom stereocenters. The monoisotopic (exact) mass is 213 g/mol. The average Bonchev–Trinajstić information content (AvgIpc) is 2.52. The van der Waals surface area contributed by atoms with Crippen molar-refractivity contribution in [2.24, 2.45) is 0 Å². The van der Waals surface area contributed by atoms with Crippen LogP contribution in [0.3, 0.4) is 0 Å². The summed E-state index contributed by atoms with van der Waals surface area (Å²) in [5.74, 6) is -0.214. The topological polar surface area (TPSA) is 12.0 Å². The predicted molar refractivity (Wildman–Crippen MR) is 56.0 cm³/mol. The third kappa shape index (κ3) is 1.53. The maximum atomic E-state index is 13.6. The molecule has 1 heterocycles. The smallest absolute Gasteiger partial charge is 0.129 e. The van der Waals surface area contributed by atoms with Crippen LogP contribution in [0.5, 0.6) is 0 Å². The van der Waals surface area contributed by atoms with Gasteiger partial charge in [0.1, 0.15) is 5.82 Å². The van der Waals surface area contributed by atoms with Gasteiger partial charge in [0.15, 0.2) is 0 Å². The fourth-order valence-corrected chi connectivity index (χ4v) is 2.50. The van der Waals surface area contributed by atoms with Crippen molar-refractivity contribution in [3.05, 3.63) is 34.6 Å². The molecule has 0 spiro atoms. The Kier molecular flexibility index (Phi) is 2.50. The fourth-order valence-electron chi connectivity index (χ4n) is 2.13. The molecule has 3 heteroatoms. The number of nitrogens with one attached hydrogen (secondary N) is 1. The first-order valence-electron chi connectivity index (χ1n) is 4.83. The molecule has 1 saturated heterocycles. The first kappa shape index (κ1) is 9.94. The zero-order valence-electron chi connectivity index (χ0n) is 8.11. The minimum absolute atomic E-state index is 0.214. The van der Waals surface area contributed by atoms with E-state index >= 15 is 0 Å². The van der Waals surface area contributed by atoms with Crippen molar-refractivity contribution in [1.82, 2.24) is 5.32 Å². The van der Waals surface area contributed by atoms with E-state index in [-0.39, 0.29) is 11.4 Å². The minimum atomic E-state index is -0.289. The summed E-state index contributed by atoms with van der Waals surface area (Å²) in [6.45, 7) is 2.94. The molecule has 0 saturated carbocycles. The van der Waals surface area contributed by atoms with Gasteiger partial charge in [-0.3, -0.25) is 0 Å². The van der Waals surface area contributed by atoms with E-state index in [1.165, 1.54) is 6.07 Å². The van der Waals surface area contributed by atoms with Crippen LogP contribution in [-0.4, -0.2) is 6.54 Å². The second kappa shape index (κ2) is 3.52. The summed E-state index contributed by atoms with van der Waals surface area (Å²) in [5, 5.41) is 3.82. The van der Waals surface area contributed by atoms with Crippen LogP contribution in [0, 0.1) is 5.82 Å². The Bertz CT molecular complexity index is 325. The predicted octanol–water partition coefficient (Wildman–Crippen LogP) is 3.08. The highest BCUT2D eigenvalue weighted by molar-refractivity contribution is 6.31. The molecule has 1 nitrogen and oxygen atoms in total. The van der Waals surface area contributed by atoms with Gasteiger partial charge in [-0.25, -0.2) is 4.39 Å². The van der Waals surface area contributed by atoms with Gasteiger partial charge >= 0.3 is 0 Å². The van der Waals surface area contributed by atoms with E-state index in [1.807, 2.05) is 6.92 Å².